The summed E-state index contributed by atoms with van der Waals surface area (Å²) >= 11 is 0. The largest absolute Gasteiger partial charge is 0.478 e. The van der Waals surface area contributed by atoms with Crippen molar-refractivity contribution in [2.24, 2.45) is 0 Å². The van der Waals surface area contributed by atoms with Gasteiger partial charge in [-0.2, -0.15) is 0 Å². The zero-order valence-electron chi connectivity index (χ0n) is 10.9. The van der Waals surface area contributed by atoms with Gasteiger partial charge in [-0.25, -0.2) is 9.78 Å². The number of aromatic carboxylic acids is 1. The number of nitrogens with zero attached hydrogens (tertiary/aromatic N) is 1. The molecule has 0 fully saturated rings. The maximum absolute atomic E-state index is 10.6. The summed E-state index contributed by atoms with van der Waals surface area (Å²) < 4.78 is 5.44. The lowest BCUT2D eigenvalue weighted by Crippen LogP contribution is -2.01. The minimum atomic E-state index is -0.968. The maximum atomic E-state index is 10.6. The van der Waals surface area contributed by atoms with Crippen LogP contribution in [0.5, 0.6) is 5.88 Å². The van der Waals surface area contributed by atoms with E-state index in [0.29, 0.717) is 12.5 Å². The van der Waals surface area contributed by atoms with Crippen LogP contribution in [-0.2, 0) is 0 Å². The smallest absolute Gasteiger partial charge is 0.337 e. The van der Waals surface area contributed by atoms with E-state index in [4.69, 9.17) is 9.84 Å². The molecule has 0 amide bonds. The Bertz CT molecular complexity index is 349. The highest BCUT2D eigenvalue weighted by atomic mass is 16.5. The summed E-state index contributed by atoms with van der Waals surface area (Å²) in [6.45, 7) is 2.85. The molecular weight excluding hydrogens is 230 g/mol. The summed E-state index contributed by atoms with van der Waals surface area (Å²) in [4.78, 5) is 14.6. The van der Waals surface area contributed by atoms with E-state index >= 15 is 0 Å². The molecule has 4 nitrogen and oxygen atoms in total. The van der Waals surface area contributed by atoms with Gasteiger partial charge in [-0.3, -0.25) is 0 Å². The molecule has 0 aromatic carbocycles. The number of hydrogen-bond donors (Lipinski definition) is 1. The molecular formula is C14H21NO3. The molecule has 0 bridgehead atoms. The number of carboxylic acid groups (broad SMARTS) is 1. The quantitative estimate of drug-likeness (QED) is 0.682. The molecule has 1 rings (SSSR count). The third-order valence-electron chi connectivity index (χ3n) is 2.73. The predicted octanol–water partition coefficient (Wildman–Crippen LogP) is 3.52. The van der Waals surface area contributed by atoms with Gasteiger partial charge in [-0.05, 0) is 12.5 Å². The van der Waals surface area contributed by atoms with E-state index in [1.54, 1.807) is 6.07 Å². The van der Waals surface area contributed by atoms with Crippen LogP contribution in [0.1, 0.15) is 55.8 Å². The molecule has 0 aliphatic carbocycles. The number of unbranched alkanes of at least 4 members (excludes halogenated alkanes) is 5. The number of carboxylic acids is 1. The van der Waals surface area contributed by atoms with Crippen LogP contribution in [0.4, 0.5) is 0 Å². The van der Waals surface area contributed by atoms with Crippen molar-refractivity contribution in [3.05, 3.63) is 23.9 Å². The molecule has 1 heterocycles. The van der Waals surface area contributed by atoms with Gasteiger partial charge < -0.3 is 9.84 Å². The average molecular weight is 251 g/mol. The fraction of sp³-hybridized carbons (Fsp3) is 0.571. The summed E-state index contributed by atoms with van der Waals surface area (Å²) in [5.74, 6) is -0.474. The van der Waals surface area contributed by atoms with Gasteiger partial charge in [-0.15, -0.1) is 0 Å². The SMILES string of the molecule is CCCCCCCCOc1ccc(C(=O)O)cn1. The third-order valence-corrected chi connectivity index (χ3v) is 2.73. The number of rotatable bonds is 9. The number of carbonyl (C=O) groups is 1. The first-order chi connectivity index (χ1) is 8.74. The number of hydrogen-bond acceptors (Lipinski definition) is 3. The van der Waals surface area contributed by atoms with Gasteiger partial charge in [0, 0.05) is 12.3 Å². The molecule has 18 heavy (non-hydrogen) atoms. The maximum Gasteiger partial charge on any atom is 0.337 e. The van der Waals surface area contributed by atoms with Crippen molar-refractivity contribution in [2.45, 2.75) is 45.4 Å². The molecule has 0 saturated heterocycles. The molecule has 1 aromatic heterocycles. The van der Waals surface area contributed by atoms with Crippen LogP contribution >= 0.6 is 0 Å². The molecule has 4 heteroatoms. The van der Waals surface area contributed by atoms with Gasteiger partial charge in [0.25, 0.3) is 0 Å². The monoisotopic (exact) mass is 251 g/mol. The Labute approximate surface area is 108 Å². The molecule has 100 valence electrons. The van der Waals surface area contributed by atoms with Gasteiger partial charge in [0.15, 0.2) is 0 Å². The summed E-state index contributed by atoms with van der Waals surface area (Å²) in [5, 5.41) is 8.71. The zero-order chi connectivity index (χ0) is 13.2. The van der Waals surface area contributed by atoms with Crippen molar-refractivity contribution in [3.63, 3.8) is 0 Å². The van der Waals surface area contributed by atoms with Gasteiger partial charge in [0.1, 0.15) is 0 Å². The Kier molecular flexibility index (Phi) is 6.84. The molecule has 1 N–H and O–H groups in total. The first kappa shape index (κ1) is 14.5. The Balaban J connectivity index is 2.14. The highest BCUT2D eigenvalue weighted by Crippen LogP contribution is 2.09. The lowest BCUT2D eigenvalue weighted by Gasteiger charge is -2.05. The zero-order valence-corrected chi connectivity index (χ0v) is 10.9. The van der Waals surface area contributed by atoms with Gasteiger partial charge in [0.2, 0.25) is 5.88 Å². The van der Waals surface area contributed by atoms with Gasteiger partial charge >= 0.3 is 5.97 Å². The van der Waals surface area contributed by atoms with Gasteiger partial charge in [-0.1, -0.05) is 39.0 Å². The number of ether oxygens (including phenoxy) is 1. The Morgan fingerprint density at radius 1 is 1.22 bits per heavy atom. The van der Waals surface area contributed by atoms with Crippen molar-refractivity contribution in [1.29, 1.82) is 0 Å². The Morgan fingerprint density at radius 3 is 2.56 bits per heavy atom. The summed E-state index contributed by atoms with van der Waals surface area (Å²) in [5.41, 5.74) is 0.182. The van der Waals surface area contributed by atoms with Crippen LogP contribution in [0, 0.1) is 0 Å². The van der Waals surface area contributed by atoms with Crippen LogP contribution in [0.25, 0.3) is 0 Å². The lowest BCUT2D eigenvalue weighted by molar-refractivity contribution is 0.0696. The predicted molar refractivity (Wildman–Crippen MR) is 70.1 cm³/mol. The normalized spacial score (nSPS) is 10.3. The molecule has 0 saturated carbocycles. The minimum Gasteiger partial charge on any atom is -0.478 e. The molecule has 0 unspecified atom stereocenters. The van der Waals surface area contributed by atoms with E-state index in [1.807, 2.05) is 0 Å². The molecule has 0 aliphatic heterocycles. The first-order valence-corrected chi connectivity index (χ1v) is 6.56. The first-order valence-electron chi connectivity index (χ1n) is 6.56. The van der Waals surface area contributed by atoms with Gasteiger partial charge in [0.05, 0.1) is 12.2 Å². The standard InChI is InChI=1S/C14H21NO3/c1-2-3-4-5-6-7-10-18-13-9-8-12(11-15-13)14(16)17/h8-9,11H,2-7,10H2,1H3,(H,16,17). The minimum absolute atomic E-state index is 0.182. The summed E-state index contributed by atoms with van der Waals surface area (Å²) in [7, 11) is 0. The van der Waals surface area contributed by atoms with Crippen molar-refractivity contribution in [1.82, 2.24) is 4.98 Å². The molecule has 0 aliphatic rings. The second-order valence-corrected chi connectivity index (χ2v) is 4.31. The van der Waals surface area contributed by atoms with Crippen LogP contribution in [0.15, 0.2) is 18.3 Å². The Morgan fingerprint density at radius 2 is 1.94 bits per heavy atom. The second-order valence-electron chi connectivity index (χ2n) is 4.31. The van der Waals surface area contributed by atoms with Crippen LogP contribution in [-0.4, -0.2) is 22.7 Å². The average Bonchev–Trinajstić information content (AvgIpc) is 2.38. The van der Waals surface area contributed by atoms with Crippen LogP contribution in [0.2, 0.25) is 0 Å². The van der Waals surface area contributed by atoms with E-state index in [-0.39, 0.29) is 5.56 Å². The number of pyridine rings is 1. The highest BCUT2D eigenvalue weighted by Gasteiger charge is 2.03. The van der Waals surface area contributed by atoms with E-state index in [9.17, 15) is 4.79 Å². The van der Waals surface area contributed by atoms with Crippen molar-refractivity contribution >= 4 is 5.97 Å². The summed E-state index contributed by atoms with van der Waals surface area (Å²) in [6.07, 6.45) is 8.62. The molecule has 0 atom stereocenters. The number of aromatic nitrogens is 1. The van der Waals surface area contributed by atoms with Crippen LogP contribution in [0.3, 0.4) is 0 Å². The van der Waals surface area contributed by atoms with Crippen molar-refractivity contribution < 1.29 is 14.6 Å². The van der Waals surface area contributed by atoms with E-state index in [0.717, 1.165) is 6.42 Å². The fourth-order valence-corrected chi connectivity index (χ4v) is 1.65. The van der Waals surface area contributed by atoms with E-state index in [2.05, 4.69) is 11.9 Å². The van der Waals surface area contributed by atoms with Crippen molar-refractivity contribution in [3.8, 4) is 5.88 Å². The molecule has 1 aromatic rings. The van der Waals surface area contributed by atoms with Crippen LogP contribution < -0.4 is 4.74 Å². The third kappa shape index (κ3) is 5.66. The van der Waals surface area contributed by atoms with E-state index < -0.39 is 5.97 Å². The Hall–Kier alpha value is -1.58. The fourth-order valence-electron chi connectivity index (χ4n) is 1.65. The highest BCUT2D eigenvalue weighted by molar-refractivity contribution is 5.87. The van der Waals surface area contributed by atoms with Crippen molar-refractivity contribution in [2.75, 3.05) is 6.61 Å². The second kappa shape index (κ2) is 8.50. The molecule has 0 radical (unpaired) electrons. The van der Waals surface area contributed by atoms with E-state index in [1.165, 1.54) is 44.4 Å². The topological polar surface area (TPSA) is 59.4 Å². The summed E-state index contributed by atoms with van der Waals surface area (Å²) in [6, 6.07) is 3.10. The lowest BCUT2D eigenvalue weighted by atomic mass is 10.1. The molecule has 0 spiro atoms.